The number of nitrogens with zero attached hydrogens (tertiary/aromatic N) is 4. The fraction of sp³-hybridized carbons (Fsp3) is 0.167. The van der Waals surface area contributed by atoms with Gasteiger partial charge in [0.1, 0.15) is 15.9 Å². The SMILES string of the molecule is CN(C)c1ccnc2sc3c(=O)n(-c4ccc(CI)cc4)cnc3c12. The van der Waals surface area contributed by atoms with Gasteiger partial charge in [-0.1, -0.05) is 34.7 Å². The van der Waals surface area contributed by atoms with Crippen molar-refractivity contribution in [2.24, 2.45) is 0 Å². The van der Waals surface area contributed by atoms with E-state index in [-0.39, 0.29) is 5.56 Å². The lowest BCUT2D eigenvalue weighted by atomic mass is 10.2. The van der Waals surface area contributed by atoms with Crippen molar-refractivity contribution in [1.29, 1.82) is 0 Å². The summed E-state index contributed by atoms with van der Waals surface area (Å²) in [6, 6.07) is 9.94. The maximum absolute atomic E-state index is 13.0. The quantitative estimate of drug-likeness (QED) is 0.341. The molecule has 3 aromatic heterocycles. The van der Waals surface area contributed by atoms with E-state index >= 15 is 0 Å². The Morgan fingerprint density at radius 1 is 1.16 bits per heavy atom. The van der Waals surface area contributed by atoms with Crippen molar-refractivity contribution < 1.29 is 0 Å². The average Bonchev–Trinajstić information content (AvgIpc) is 3.02. The van der Waals surface area contributed by atoms with Crippen molar-refractivity contribution >= 4 is 60.0 Å². The zero-order valence-corrected chi connectivity index (χ0v) is 16.7. The van der Waals surface area contributed by atoms with Gasteiger partial charge >= 0.3 is 0 Å². The van der Waals surface area contributed by atoms with Gasteiger partial charge in [-0.25, -0.2) is 9.97 Å². The molecule has 0 saturated carbocycles. The van der Waals surface area contributed by atoms with Gasteiger partial charge < -0.3 is 4.90 Å². The Hall–Kier alpha value is -2.00. The number of rotatable bonds is 3. The summed E-state index contributed by atoms with van der Waals surface area (Å²) in [4.78, 5) is 24.9. The number of pyridine rings is 1. The highest BCUT2D eigenvalue weighted by molar-refractivity contribution is 14.1. The van der Waals surface area contributed by atoms with Crippen LogP contribution in [0, 0.1) is 0 Å². The lowest BCUT2D eigenvalue weighted by Gasteiger charge is -2.13. The van der Waals surface area contributed by atoms with Crippen LogP contribution in [0.3, 0.4) is 0 Å². The first kappa shape index (κ1) is 16.5. The molecule has 0 saturated heterocycles. The molecule has 0 unspecified atom stereocenters. The summed E-state index contributed by atoms with van der Waals surface area (Å²) < 4.78 is 3.18. The Kier molecular flexibility index (Phi) is 4.20. The van der Waals surface area contributed by atoms with E-state index in [9.17, 15) is 4.79 Å². The molecule has 0 aliphatic heterocycles. The van der Waals surface area contributed by atoms with Crippen molar-refractivity contribution in [3.05, 3.63) is 58.8 Å². The number of anilines is 1. The number of alkyl halides is 1. The molecule has 1 aromatic carbocycles. The molecule has 0 spiro atoms. The van der Waals surface area contributed by atoms with E-state index in [0.717, 1.165) is 31.5 Å². The number of aromatic nitrogens is 3. The van der Waals surface area contributed by atoms with Crippen LogP contribution in [0.15, 0.2) is 47.7 Å². The molecule has 3 heterocycles. The van der Waals surface area contributed by atoms with Crippen molar-refractivity contribution in [2.45, 2.75) is 4.43 Å². The van der Waals surface area contributed by atoms with Crippen LogP contribution in [0.5, 0.6) is 0 Å². The lowest BCUT2D eigenvalue weighted by molar-refractivity contribution is 0.966. The Bertz CT molecular complexity index is 1130. The molecule has 0 aliphatic rings. The van der Waals surface area contributed by atoms with Crippen LogP contribution >= 0.6 is 33.9 Å². The summed E-state index contributed by atoms with van der Waals surface area (Å²) in [5, 5.41) is 0.942. The van der Waals surface area contributed by atoms with Crippen LogP contribution < -0.4 is 10.5 Å². The molecule has 0 fully saturated rings. The molecule has 0 bridgehead atoms. The van der Waals surface area contributed by atoms with Crippen LogP contribution in [-0.2, 0) is 4.43 Å². The molecule has 0 amide bonds. The van der Waals surface area contributed by atoms with Gasteiger partial charge in [0.25, 0.3) is 5.56 Å². The number of thiophene rings is 1. The molecule has 0 N–H and O–H groups in total. The highest BCUT2D eigenvalue weighted by Gasteiger charge is 2.16. The van der Waals surface area contributed by atoms with Gasteiger partial charge in [-0.2, -0.15) is 0 Å². The highest BCUT2D eigenvalue weighted by Crippen LogP contribution is 2.35. The summed E-state index contributed by atoms with van der Waals surface area (Å²) in [7, 11) is 3.96. The fourth-order valence-corrected chi connectivity index (χ4v) is 4.40. The van der Waals surface area contributed by atoms with E-state index in [2.05, 4.69) is 32.6 Å². The Labute approximate surface area is 162 Å². The monoisotopic (exact) mass is 462 g/mol. The predicted molar refractivity (Wildman–Crippen MR) is 113 cm³/mol. The number of hydrogen-bond acceptors (Lipinski definition) is 5. The van der Waals surface area contributed by atoms with Crippen LogP contribution in [-0.4, -0.2) is 28.6 Å². The molecule has 4 aromatic rings. The van der Waals surface area contributed by atoms with Gasteiger partial charge in [-0.05, 0) is 23.8 Å². The Morgan fingerprint density at radius 2 is 1.92 bits per heavy atom. The van der Waals surface area contributed by atoms with Crippen LogP contribution in [0.1, 0.15) is 5.56 Å². The first-order chi connectivity index (χ1) is 12.1. The third-order valence-corrected chi connectivity index (χ3v) is 6.07. The van der Waals surface area contributed by atoms with Gasteiger partial charge in [0, 0.05) is 24.7 Å². The number of hydrogen-bond donors (Lipinski definition) is 0. The van der Waals surface area contributed by atoms with E-state index in [1.807, 2.05) is 49.3 Å². The van der Waals surface area contributed by atoms with Crippen LogP contribution in [0.25, 0.3) is 26.1 Å². The van der Waals surface area contributed by atoms with Gasteiger partial charge in [0.05, 0.1) is 22.3 Å². The molecular formula is C18H15IN4OS. The number of halogens is 1. The summed E-state index contributed by atoms with van der Waals surface area (Å²) >= 11 is 3.73. The minimum absolute atomic E-state index is 0.0556. The molecule has 5 nitrogen and oxygen atoms in total. The predicted octanol–water partition coefficient (Wildman–Crippen LogP) is 4.00. The van der Waals surface area contributed by atoms with Crippen LogP contribution in [0.2, 0.25) is 0 Å². The minimum Gasteiger partial charge on any atom is -0.377 e. The zero-order valence-electron chi connectivity index (χ0n) is 13.7. The van der Waals surface area contributed by atoms with Gasteiger partial charge in [-0.3, -0.25) is 9.36 Å². The summed E-state index contributed by atoms with van der Waals surface area (Å²) in [6.07, 6.45) is 3.39. The van der Waals surface area contributed by atoms with Gasteiger partial charge in [-0.15, -0.1) is 11.3 Å². The molecule has 0 aliphatic carbocycles. The number of benzene rings is 1. The second-order valence-corrected chi connectivity index (χ2v) is 7.67. The Balaban J connectivity index is 1.98. The third-order valence-electron chi connectivity index (χ3n) is 4.11. The average molecular weight is 462 g/mol. The van der Waals surface area contributed by atoms with E-state index in [1.165, 1.54) is 16.9 Å². The number of fused-ring (bicyclic) bond motifs is 3. The molecular weight excluding hydrogens is 447 g/mol. The molecule has 25 heavy (non-hydrogen) atoms. The molecule has 0 atom stereocenters. The minimum atomic E-state index is -0.0556. The molecule has 0 radical (unpaired) electrons. The van der Waals surface area contributed by atoms with Crippen molar-refractivity contribution in [3.8, 4) is 5.69 Å². The molecule has 4 rings (SSSR count). The normalized spacial score (nSPS) is 11.3. The van der Waals surface area contributed by atoms with E-state index in [4.69, 9.17) is 0 Å². The maximum atomic E-state index is 13.0. The van der Waals surface area contributed by atoms with Crippen molar-refractivity contribution in [2.75, 3.05) is 19.0 Å². The summed E-state index contributed by atoms with van der Waals surface area (Å²) in [5.41, 5.74) is 3.74. The lowest BCUT2D eigenvalue weighted by Crippen LogP contribution is -2.17. The maximum Gasteiger partial charge on any atom is 0.275 e. The zero-order chi connectivity index (χ0) is 17.6. The topological polar surface area (TPSA) is 51.0 Å². The van der Waals surface area contributed by atoms with Crippen molar-refractivity contribution in [3.63, 3.8) is 0 Å². The molecule has 126 valence electrons. The van der Waals surface area contributed by atoms with Crippen molar-refractivity contribution in [1.82, 2.24) is 14.5 Å². The summed E-state index contributed by atoms with van der Waals surface area (Å²) in [6.45, 7) is 0. The fourth-order valence-electron chi connectivity index (χ4n) is 2.84. The second kappa shape index (κ2) is 6.38. The largest absolute Gasteiger partial charge is 0.377 e. The Morgan fingerprint density at radius 3 is 2.60 bits per heavy atom. The van der Waals surface area contributed by atoms with Gasteiger partial charge in [0.2, 0.25) is 0 Å². The van der Waals surface area contributed by atoms with E-state index in [0.29, 0.717) is 4.70 Å². The van der Waals surface area contributed by atoms with E-state index in [1.54, 1.807) is 17.1 Å². The second-order valence-electron chi connectivity index (χ2n) is 5.90. The third kappa shape index (κ3) is 2.71. The first-order valence-corrected chi connectivity index (χ1v) is 10.1. The van der Waals surface area contributed by atoms with E-state index < -0.39 is 0 Å². The smallest absolute Gasteiger partial charge is 0.275 e. The summed E-state index contributed by atoms with van der Waals surface area (Å²) in [5.74, 6) is 0. The molecule has 7 heteroatoms. The standard InChI is InChI=1S/C18H15IN4OS/c1-22(2)13-7-8-20-17-14(13)15-16(25-17)18(24)23(10-21-15)12-5-3-11(9-19)4-6-12/h3-8,10H,9H2,1-2H3. The van der Waals surface area contributed by atoms with Crippen LogP contribution in [0.4, 0.5) is 5.69 Å². The first-order valence-electron chi connectivity index (χ1n) is 7.71. The highest BCUT2D eigenvalue weighted by atomic mass is 127. The van der Waals surface area contributed by atoms with Gasteiger partial charge in [0.15, 0.2) is 0 Å².